The van der Waals surface area contributed by atoms with Crippen LogP contribution >= 0.6 is 0 Å². The molecule has 2 nitrogen and oxygen atoms in total. The number of rotatable bonds is 1. The predicted octanol–water partition coefficient (Wildman–Crippen LogP) is 1.88. The Kier molecular flexibility index (Phi) is 1.65. The molecule has 0 spiro atoms. The van der Waals surface area contributed by atoms with Gasteiger partial charge < -0.3 is 4.90 Å². The normalized spacial score (nSPS) is 25.3. The maximum Gasteiger partial charge on any atom is 0.142 e. The van der Waals surface area contributed by atoms with Crippen molar-refractivity contribution in [1.82, 2.24) is 4.90 Å². The number of hydrogen-bond acceptors (Lipinski definition) is 2. The molecular formula is C11H14N2. The van der Waals surface area contributed by atoms with E-state index in [9.17, 15) is 0 Å². The third-order valence-corrected chi connectivity index (χ3v) is 2.47. The minimum Gasteiger partial charge on any atom is -0.364 e. The first-order valence-corrected chi connectivity index (χ1v) is 4.48. The molecule has 0 amide bonds. The van der Waals surface area contributed by atoms with Gasteiger partial charge in [-0.15, -0.1) is 0 Å². The van der Waals surface area contributed by atoms with Crippen molar-refractivity contribution in [3.8, 4) is 0 Å². The van der Waals surface area contributed by atoms with E-state index in [0.29, 0.717) is 0 Å². The summed E-state index contributed by atoms with van der Waals surface area (Å²) in [6, 6.07) is 10.4. The van der Waals surface area contributed by atoms with E-state index in [4.69, 9.17) is 0 Å². The summed E-state index contributed by atoms with van der Waals surface area (Å²) < 4.78 is 0. The lowest BCUT2D eigenvalue weighted by atomic mass is 9.98. The van der Waals surface area contributed by atoms with Gasteiger partial charge in [-0.25, -0.2) is 0 Å². The Hall–Kier alpha value is -1.31. The molecule has 0 aromatic heterocycles. The summed E-state index contributed by atoms with van der Waals surface area (Å²) in [7, 11) is 4.07. The summed E-state index contributed by atoms with van der Waals surface area (Å²) >= 11 is 0. The minimum absolute atomic E-state index is 0.0508. The molecule has 0 saturated carbocycles. The zero-order valence-electron chi connectivity index (χ0n) is 8.28. The fraction of sp³-hybridized carbons (Fsp3) is 0.364. The van der Waals surface area contributed by atoms with Gasteiger partial charge in [0.1, 0.15) is 11.4 Å². The van der Waals surface area contributed by atoms with Crippen molar-refractivity contribution < 1.29 is 0 Å². The van der Waals surface area contributed by atoms with Crippen LogP contribution in [0.5, 0.6) is 0 Å². The monoisotopic (exact) mass is 174 g/mol. The van der Waals surface area contributed by atoms with Gasteiger partial charge in [-0.05, 0) is 12.5 Å². The van der Waals surface area contributed by atoms with Gasteiger partial charge in [-0.3, -0.25) is 4.99 Å². The molecule has 1 atom stereocenters. The minimum atomic E-state index is -0.0508. The summed E-state index contributed by atoms with van der Waals surface area (Å²) in [5, 5.41) is 0. The second-order valence-electron chi connectivity index (χ2n) is 3.77. The van der Waals surface area contributed by atoms with E-state index in [2.05, 4.69) is 41.1 Å². The topological polar surface area (TPSA) is 15.6 Å². The van der Waals surface area contributed by atoms with Crippen LogP contribution in [0.25, 0.3) is 0 Å². The molecule has 0 bridgehead atoms. The van der Waals surface area contributed by atoms with Crippen LogP contribution in [0, 0.1) is 0 Å². The van der Waals surface area contributed by atoms with E-state index < -0.39 is 0 Å². The number of aliphatic imine (C=N–C) groups is 1. The van der Waals surface area contributed by atoms with E-state index in [1.165, 1.54) is 11.4 Å². The van der Waals surface area contributed by atoms with E-state index >= 15 is 0 Å². The molecule has 1 unspecified atom stereocenters. The second kappa shape index (κ2) is 2.59. The van der Waals surface area contributed by atoms with Crippen molar-refractivity contribution in [1.29, 1.82) is 0 Å². The quantitative estimate of drug-likeness (QED) is 0.634. The average molecular weight is 174 g/mol. The first-order valence-electron chi connectivity index (χ1n) is 4.48. The van der Waals surface area contributed by atoms with Gasteiger partial charge in [0.2, 0.25) is 0 Å². The van der Waals surface area contributed by atoms with E-state index in [-0.39, 0.29) is 5.54 Å². The molecule has 0 aliphatic carbocycles. The number of nitrogens with zero attached hydrogens (tertiary/aromatic N) is 2. The van der Waals surface area contributed by atoms with Crippen LogP contribution in [0.4, 0.5) is 0 Å². The van der Waals surface area contributed by atoms with Crippen LogP contribution in [0.2, 0.25) is 0 Å². The highest BCUT2D eigenvalue weighted by Gasteiger charge is 2.45. The molecule has 0 N–H and O–H groups in total. The molecule has 1 aromatic rings. The third-order valence-electron chi connectivity index (χ3n) is 2.47. The average Bonchev–Trinajstić information content (AvgIpc) is 2.82. The Bertz CT molecular complexity index is 340. The van der Waals surface area contributed by atoms with E-state index in [1.54, 1.807) is 0 Å². The highest BCUT2D eigenvalue weighted by atomic mass is 15.3. The van der Waals surface area contributed by atoms with Gasteiger partial charge >= 0.3 is 0 Å². The molecule has 1 heterocycles. The van der Waals surface area contributed by atoms with Gasteiger partial charge in [-0.1, -0.05) is 30.3 Å². The predicted molar refractivity (Wildman–Crippen MR) is 54.9 cm³/mol. The Balaban J connectivity index is 2.23. The van der Waals surface area contributed by atoms with Crippen molar-refractivity contribution in [3.05, 3.63) is 35.9 Å². The summed E-state index contributed by atoms with van der Waals surface area (Å²) in [6.07, 6.45) is 0. The molecule has 0 fully saturated rings. The maximum atomic E-state index is 4.50. The summed E-state index contributed by atoms with van der Waals surface area (Å²) in [5.41, 5.74) is 1.23. The van der Waals surface area contributed by atoms with E-state index in [0.717, 1.165) is 0 Å². The fourth-order valence-electron chi connectivity index (χ4n) is 1.68. The van der Waals surface area contributed by atoms with Gasteiger partial charge in [0.05, 0.1) is 0 Å². The smallest absolute Gasteiger partial charge is 0.142 e. The first-order chi connectivity index (χ1) is 6.14. The lowest BCUT2D eigenvalue weighted by molar-refractivity contribution is 0.607. The van der Waals surface area contributed by atoms with Crippen LogP contribution < -0.4 is 0 Å². The van der Waals surface area contributed by atoms with Crippen LogP contribution in [0.3, 0.4) is 0 Å². The highest BCUT2D eigenvalue weighted by molar-refractivity contribution is 6.03. The maximum absolute atomic E-state index is 4.50. The Labute approximate surface area is 78.9 Å². The molecule has 1 aliphatic rings. The summed E-state index contributed by atoms with van der Waals surface area (Å²) in [6.45, 7) is 2.15. The fourth-order valence-corrected chi connectivity index (χ4v) is 1.68. The molecule has 0 radical (unpaired) electrons. The number of likely N-dealkylation sites (N-methyl/N-ethyl adjacent to an activating group) is 1. The molecule has 2 heteroatoms. The van der Waals surface area contributed by atoms with Crippen molar-refractivity contribution in [3.63, 3.8) is 0 Å². The summed E-state index contributed by atoms with van der Waals surface area (Å²) in [4.78, 5) is 6.58. The number of amidine groups is 1. The second-order valence-corrected chi connectivity index (χ2v) is 3.77. The Morgan fingerprint density at radius 1 is 1.15 bits per heavy atom. The van der Waals surface area contributed by atoms with Crippen molar-refractivity contribution in [2.75, 3.05) is 14.1 Å². The molecule has 13 heavy (non-hydrogen) atoms. The van der Waals surface area contributed by atoms with Crippen molar-refractivity contribution in [2.45, 2.75) is 12.5 Å². The van der Waals surface area contributed by atoms with Gasteiger partial charge in [0, 0.05) is 14.1 Å². The lowest BCUT2D eigenvalue weighted by Crippen LogP contribution is -2.24. The third kappa shape index (κ3) is 1.22. The highest BCUT2D eigenvalue weighted by Crippen LogP contribution is 2.39. The molecular weight excluding hydrogens is 160 g/mol. The molecule has 2 rings (SSSR count). The van der Waals surface area contributed by atoms with Crippen molar-refractivity contribution in [2.24, 2.45) is 4.99 Å². The largest absolute Gasteiger partial charge is 0.364 e. The van der Waals surface area contributed by atoms with Crippen molar-refractivity contribution >= 4 is 5.84 Å². The standard InChI is InChI=1S/C11H14N2/c1-11(10(12-11)13(2)3)9-7-5-4-6-8-9/h4-8H,1-3H3. The van der Waals surface area contributed by atoms with Crippen LogP contribution in [-0.2, 0) is 5.54 Å². The lowest BCUT2D eigenvalue weighted by Gasteiger charge is -2.13. The molecule has 0 saturated heterocycles. The van der Waals surface area contributed by atoms with Gasteiger partial charge in [0.15, 0.2) is 0 Å². The number of benzene rings is 1. The molecule has 68 valence electrons. The zero-order valence-corrected chi connectivity index (χ0v) is 8.28. The zero-order chi connectivity index (χ0) is 9.47. The Morgan fingerprint density at radius 2 is 1.77 bits per heavy atom. The van der Waals surface area contributed by atoms with Gasteiger partial charge in [0.25, 0.3) is 0 Å². The molecule has 1 aliphatic heterocycles. The number of hydrogen-bond donors (Lipinski definition) is 0. The van der Waals surface area contributed by atoms with Crippen LogP contribution in [-0.4, -0.2) is 24.8 Å². The van der Waals surface area contributed by atoms with Gasteiger partial charge in [-0.2, -0.15) is 0 Å². The van der Waals surface area contributed by atoms with Crippen LogP contribution in [0.1, 0.15) is 12.5 Å². The first kappa shape index (κ1) is 8.30. The summed E-state index contributed by atoms with van der Waals surface area (Å²) in [5.74, 6) is 1.17. The van der Waals surface area contributed by atoms with Crippen LogP contribution in [0.15, 0.2) is 35.3 Å². The SMILES string of the molecule is CN(C)C1=NC1(C)c1ccccc1. The van der Waals surface area contributed by atoms with E-state index in [1.807, 2.05) is 20.2 Å². The Morgan fingerprint density at radius 3 is 2.23 bits per heavy atom. The molecule has 1 aromatic carbocycles.